The van der Waals surface area contributed by atoms with E-state index in [1.807, 2.05) is 0 Å². The second-order valence-electron chi connectivity index (χ2n) is 7.40. The molecule has 2 aliphatic rings. The first kappa shape index (κ1) is 18.0. The van der Waals surface area contributed by atoms with Gasteiger partial charge < -0.3 is 15.8 Å². The molecule has 0 radical (unpaired) electrons. The van der Waals surface area contributed by atoms with Gasteiger partial charge in [0, 0.05) is 25.3 Å². The lowest BCUT2D eigenvalue weighted by atomic mass is 10.1. The monoisotopic (exact) mass is 364 g/mol. The first-order valence-electron chi connectivity index (χ1n) is 9.83. The zero-order chi connectivity index (χ0) is 18.5. The Hall–Kier alpha value is -2.37. The standard InChI is InChI=1S/C22H28N4O/c23-22(25-20-10-9-18-7-4-8-19(18)13-20)24-14-21-16-26(11-12-27-21)15-17-5-2-1-3-6-17/h1-3,5-6,9-10,13,21H,4,7-8,11-12,14-16H2,(H3,23,24,25). The minimum absolute atomic E-state index is 0.0860. The van der Waals surface area contributed by atoms with Gasteiger partial charge in [0.05, 0.1) is 19.3 Å². The van der Waals surface area contributed by atoms with Crippen molar-refractivity contribution in [1.29, 1.82) is 0 Å². The number of rotatable bonds is 5. The summed E-state index contributed by atoms with van der Waals surface area (Å²) in [6.45, 7) is 4.11. The summed E-state index contributed by atoms with van der Waals surface area (Å²) in [5.74, 6) is 0.455. The molecule has 3 N–H and O–H groups in total. The van der Waals surface area contributed by atoms with Crippen LogP contribution in [0.2, 0.25) is 0 Å². The first-order chi connectivity index (χ1) is 13.3. The molecule has 5 nitrogen and oxygen atoms in total. The molecule has 2 aromatic rings. The van der Waals surface area contributed by atoms with Crippen LogP contribution < -0.4 is 11.1 Å². The van der Waals surface area contributed by atoms with Crippen LogP contribution in [-0.2, 0) is 24.1 Å². The van der Waals surface area contributed by atoms with Crippen LogP contribution >= 0.6 is 0 Å². The van der Waals surface area contributed by atoms with Crippen molar-refractivity contribution >= 4 is 11.6 Å². The number of fused-ring (bicyclic) bond motifs is 1. The largest absolute Gasteiger partial charge is 0.374 e. The van der Waals surface area contributed by atoms with Crippen LogP contribution in [-0.4, -0.2) is 43.2 Å². The molecule has 0 saturated carbocycles. The zero-order valence-corrected chi connectivity index (χ0v) is 15.7. The third kappa shape index (κ3) is 4.87. The van der Waals surface area contributed by atoms with Crippen molar-refractivity contribution < 1.29 is 4.74 Å². The number of hydrogen-bond donors (Lipinski definition) is 2. The summed E-state index contributed by atoms with van der Waals surface area (Å²) in [6, 6.07) is 17.0. The third-order valence-corrected chi connectivity index (χ3v) is 5.31. The number of anilines is 1. The smallest absolute Gasteiger partial charge is 0.193 e. The molecule has 1 saturated heterocycles. The maximum atomic E-state index is 6.10. The molecule has 0 amide bonds. The normalized spacial score (nSPS) is 20.4. The minimum atomic E-state index is 0.0860. The van der Waals surface area contributed by atoms with Crippen molar-refractivity contribution in [3.05, 3.63) is 65.2 Å². The van der Waals surface area contributed by atoms with E-state index in [2.05, 4.69) is 63.7 Å². The summed E-state index contributed by atoms with van der Waals surface area (Å²) < 4.78 is 5.87. The van der Waals surface area contributed by atoms with Gasteiger partial charge in [-0.15, -0.1) is 0 Å². The van der Waals surface area contributed by atoms with Gasteiger partial charge in [0.1, 0.15) is 0 Å². The number of aryl methyl sites for hydroxylation is 2. The molecule has 142 valence electrons. The quantitative estimate of drug-likeness (QED) is 0.633. The number of hydrogen-bond acceptors (Lipinski definition) is 3. The number of nitrogens with zero attached hydrogens (tertiary/aromatic N) is 2. The van der Waals surface area contributed by atoms with Crippen molar-refractivity contribution in [2.75, 3.05) is 31.6 Å². The molecule has 4 rings (SSSR count). The molecule has 0 bridgehead atoms. The summed E-state index contributed by atoms with van der Waals surface area (Å²) in [7, 11) is 0. The lowest BCUT2D eigenvalue weighted by Gasteiger charge is -2.32. The summed E-state index contributed by atoms with van der Waals surface area (Å²) in [6.07, 6.45) is 3.69. The number of nitrogens with one attached hydrogen (secondary N) is 1. The number of benzene rings is 2. The highest BCUT2D eigenvalue weighted by Crippen LogP contribution is 2.24. The van der Waals surface area contributed by atoms with Gasteiger partial charge in [0.2, 0.25) is 0 Å². The van der Waals surface area contributed by atoms with Crippen LogP contribution in [0.15, 0.2) is 53.5 Å². The average Bonchev–Trinajstić information content (AvgIpc) is 3.15. The molecule has 0 aromatic heterocycles. The molecule has 1 atom stereocenters. The lowest BCUT2D eigenvalue weighted by molar-refractivity contribution is -0.0257. The first-order valence-corrected chi connectivity index (χ1v) is 9.83. The van der Waals surface area contributed by atoms with Gasteiger partial charge in [-0.25, -0.2) is 0 Å². The molecule has 2 aromatic carbocycles. The molecular formula is C22H28N4O. The van der Waals surface area contributed by atoms with Gasteiger partial charge in [-0.2, -0.15) is 0 Å². The number of guanidine groups is 1. The maximum absolute atomic E-state index is 6.10. The van der Waals surface area contributed by atoms with E-state index in [4.69, 9.17) is 10.5 Å². The second kappa shape index (κ2) is 8.55. The van der Waals surface area contributed by atoms with Crippen LogP contribution in [0, 0.1) is 0 Å². The van der Waals surface area contributed by atoms with Crippen LogP contribution in [0.5, 0.6) is 0 Å². The SMILES string of the molecule is NC(=NCC1CN(Cc2ccccc2)CCO1)Nc1ccc2c(c1)CCC2. The highest BCUT2D eigenvalue weighted by molar-refractivity contribution is 5.92. The number of morpholine rings is 1. The molecule has 1 unspecified atom stereocenters. The van der Waals surface area contributed by atoms with E-state index in [-0.39, 0.29) is 6.10 Å². The average molecular weight is 364 g/mol. The zero-order valence-electron chi connectivity index (χ0n) is 15.7. The third-order valence-electron chi connectivity index (χ3n) is 5.31. The van der Waals surface area contributed by atoms with Crippen LogP contribution in [0.1, 0.15) is 23.1 Å². The summed E-state index contributed by atoms with van der Waals surface area (Å²) in [4.78, 5) is 6.93. The number of nitrogens with two attached hydrogens (primary N) is 1. The van der Waals surface area contributed by atoms with Crippen molar-refractivity contribution in [1.82, 2.24) is 4.90 Å². The molecule has 1 aliphatic carbocycles. The van der Waals surface area contributed by atoms with E-state index in [0.717, 1.165) is 38.3 Å². The van der Waals surface area contributed by atoms with Crippen molar-refractivity contribution in [2.24, 2.45) is 10.7 Å². The predicted molar refractivity (Wildman–Crippen MR) is 110 cm³/mol. The van der Waals surface area contributed by atoms with E-state index < -0.39 is 0 Å². The molecule has 1 heterocycles. The van der Waals surface area contributed by atoms with Crippen molar-refractivity contribution in [3.8, 4) is 0 Å². The Morgan fingerprint density at radius 1 is 1.15 bits per heavy atom. The van der Waals surface area contributed by atoms with Gasteiger partial charge in [0.15, 0.2) is 5.96 Å². The fourth-order valence-corrected chi connectivity index (χ4v) is 3.91. The molecule has 1 aliphatic heterocycles. The summed E-state index contributed by atoms with van der Waals surface area (Å²) in [5, 5.41) is 3.22. The fraction of sp³-hybridized carbons (Fsp3) is 0.409. The van der Waals surface area contributed by atoms with Crippen LogP contribution in [0.25, 0.3) is 0 Å². The molecule has 5 heteroatoms. The Bertz CT molecular complexity index is 790. The Kier molecular flexibility index (Phi) is 5.70. The van der Waals surface area contributed by atoms with Crippen molar-refractivity contribution in [3.63, 3.8) is 0 Å². The van der Waals surface area contributed by atoms with Crippen LogP contribution in [0.4, 0.5) is 5.69 Å². The van der Waals surface area contributed by atoms with Crippen molar-refractivity contribution in [2.45, 2.75) is 31.9 Å². The molecule has 27 heavy (non-hydrogen) atoms. The van der Waals surface area contributed by atoms with Gasteiger partial charge in [-0.3, -0.25) is 9.89 Å². The Balaban J connectivity index is 1.29. The Morgan fingerprint density at radius 2 is 2.00 bits per heavy atom. The van der Waals surface area contributed by atoms with Gasteiger partial charge >= 0.3 is 0 Å². The lowest BCUT2D eigenvalue weighted by Crippen LogP contribution is -2.43. The van der Waals surface area contributed by atoms with Gasteiger partial charge in [-0.1, -0.05) is 36.4 Å². The summed E-state index contributed by atoms with van der Waals surface area (Å²) >= 11 is 0. The Morgan fingerprint density at radius 3 is 2.89 bits per heavy atom. The molecule has 1 fully saturated rings. The predicted octanol–water partition coefficient (Wildman–Crippen LogP) is 2.80. The second-order valence-corrected chi connectivity index (χ2v) is 7.40. The maximum Gasteiger partial charge on any atom is 0.193 e. The van der Waals surface area contributed by atoms with E-state index >= 15 is 0 Å². The van der Waals surface area contributed by atoms with E-state index in [0.29, 0.717) is 12.5 Å². The fourth-order valence-electron chi connectivity index (χ4n) is 3.91. The molecule has 0 spiro atoms. The van der Waals surface area contributed by atoms with Gasteiger partial charge in [-0.05, 0) is 48.1 Å². The molecular weight excluding hydrogens is 336 g/mol. The highest BCUT2D eigenvalue weighted by atomic mass is 16.5. The minimum Gasteiger partial charge on any atom is -0.374 e. The van der Waals surface area contributed by atoms with E-state index in [1.54, 1.807) is 0 Å². The summed E-state index contributed by atoms with van der Waals surface area (Å²) in [5.41, 5.74) is 11.3. The number of aliphatic imine (C=N–C) groups is 1. The van der Waals surface area contributed by atoms with Gasteiger partial charge in [0.25, 0.3) is 0 Å². The number of ether oxygens (including phenoxy) is 1. The topological polar surface area (TPSA) is 62.9 Å². The van der Waals surface area contributed by atoms with E-state index in [9.17, 15) is 0 Å². The van der Waals surface area contributed by atoms with E-state index in [1.165, 1.54) is 29.5 Å². The van der Waals surface area contributed by atoms with Crippen LogP contribution in [0.3, 0.4) is 0 Å². The Labute approximate surface area is 161 Å². The highest BCUT2D eigenvalue weighted by Gasteiger charge is 2.20.